The van der Waals surface area contributed by atoms with Crippen LogP contribution < -0.4 is 19.7 Å². The van der Waals surface area contributed by atoms with Gasteiger partial charge >= 0.3 is 0 Å². The molecule has 4 aromatic carbocycles. The van der Waals surface area contributed by atoms with Crippen molar-refractivity contribution in [2.24, 2.45) is 0 Å². The van der Waals surface area contributed by atoms with Gasteiger partial charge in [0.1, 0.15) is 31.2 Å². The van der Waals surface area contributed by atoms with Gasteiger partial charge in [-0.3, -0.25) is 4.31 Å². The van der Waals surface area contributed by atoms with Crippen LogP contribution in [0.5, 0.6) is 17.2 Å². The van der Waals surface area contributed by atoms with Crippen molar-refractivity contribution in [3.05, 3.63) is 151 Å². The molecule has 0 radical (unpaired) electrons. The van der Waals surface area contributed by atoms with Gasteiger partial charge in [0.2, 0.25) is 9.03 Å². The molecule has 0 fully saturated rings. The smallest absolute Gasteiger partial charge is 0.275 e. The van der Waals surface area contributed by atoms with Gasteiger partial charge < -0.3 is 18.7 Å². The van der Waals surface area contributed by atoms with E-state index in [9.17, 15) is 0 Å². The summed E-state index contributed by atoms with van der Waals surface area (Å²) in [4.78, 5) is 0. The zero-order valence-corrected chi connectivity index (χ0v) is 26.3. The van der Waals surface area contributed by atoms with Gasteiger partial charge in [-0.05, 0) is 79.9 Å². The van der Waals surface area contributed by atoms with Crippen LogP contribution in [-0.4, -0.2) is 5.11 Å². The molecular weight excluding hydrogens is 569 g/mol. The lowest BCUT2D eigenvalue weighted by Crippen LogP contribution is -2.13. The number of hydrogen-bond donors (Lipinski definition) is 1. The summed E-state index contributed by atoms with van der Waals surface area (Å²) in [6.07, 6.45) is 3.58. The van der Waals surface area contributed by atoms with Gasteiger partial charge in [0.15, 0.2) is 0 Å². The van der Waals surface area contributed by atoms with E-state index in [1.54, 1.807) is 18.2 Å². The first-order chi connectivity index (χ1) is 19.9. The summed E-state index contributed by atoms with van der Waals surface area (Å²) in [5, 5.41) is 10.8. The third-order valence-electron chi connectivity index (χ3n) is 5.39. The average molecular weight is 605 g/mol. The van der Waals surface area contributed by atoms with Crippen LogP contribution in [0.4, 0.5) is 0 Å². The number of allylic oxidation sites excluding steroid dienone is 3. The monoisotopic (exact) mass is 604 g/mol. The molecule has 0 aromatic heterocycles. The van der Waals surface area contributed by atoms with Gasteiger partial charge in [-0.1, -0.05) is 86.0 Å². The molecule has 3 atom stereocenters. The number of aromatic hydroxyl groups is 1. The average Bonchev–Trinajstić information content (AvgIpc) is 2.96. The Labute approximate surface area is 248 Å². The van der Waals surface area contributed by atoms with Crippen LogP contribution in [0, 0.1) is 13.8 Å². The standard InChI is InChI=1S/C26H27O4P3.C7H8O/c1-5-20(2)18-22(4)27-32-30-33(24-14-7-6-8-15-24)26-17-10-9-16-25(26)29-31-28-23-13-11-12-21(3)19-23;1-6-3-2-4-7(8)5-6/h5-19,31-32H,1,4H2,2-3H3;2-5,8H,1H3/b20-18-;. The van der Waals surface area contributed by atoms with Crippen molar-refractivity contribution in [2.75, 3.05) is 0 Å². The maximum absolute atomic E-state index is 8.81. The van der Waals surface area contributed by atoms with E-state index < -0.39 is 8.15 Å². The predicted octanol–water partition coefficient (Wildman–Crippen LogP) is 9.20. The molecule has 0 bridgehead atoms. The summed E-state index contributed by atoms with van der Waals surface area (Å²) in [5.74, 6) is 2.38. The van der Waals surface area contributed by atoms with E-state index in [2.05, 4.69) is 25.3 Å². The molecule has 0 heterocycles. The first-order valence-electron chi connectivity index (χ1n) is 12.8. The number of hydrogen-bond acceptors (Lipinski definition) is 5. The molecular formula is C33H35O5P3. The first kappa shape index (κ1) is 32.1. The first-order valence-corrected chi connectivity index (χ1v) is 15.7. The van der Waals surface area contributed by atoms with Gasteiger partial charge in [-0.15, -0.1) is 0 Å². The lowest BCUT2D eigenvalue weighted by Gasteiger charge is -2.20. The minimum atomic E-state index is -1.17. The molecule has 0 aliphatic heterocycles. The molecule has 0 saturated heterocycles. The molecule has 41 heavy (non-hydrogen) atoms. The van der Waals surface area contributed by atoms with Crippen molar-refractivity contribution in [3.8, 4) is 17.2 Å². The highest BCUT2D eigenvalue weighted by Gasteiger charge is 2.20. The van der Waals surface area contributed by atoms with E-state index in [-0.39, 0.29) is 18.1 Å². The molecule has 1 N–H and O–H groups in total. The van der Waals surface area contributed by atoms with E-state index in [1.807, 2.05) is 106 Å². The van der Waals surface area contributed by atoms with Crippen molar-refractivity contribution in [1.82, 2.24) is 0 Å². The van der Waals surface area contributed by atoms with Crippen LogP contribution in [0.25, 0.3) is 0 Å². The van der Waals surface area contributed by atoms with Gasteiger partial charge in [0.05, 0.1) is 0 Å². The number of phenols is 1. The minimum absolute atomic E-state index is 0.180. The zero-order valence-electron chi connectivity index (χ0n) is 23.4. The van der Waals surface area contributed by atoms with E-state index in [0.29, 0.717) is 11.5 Å². The van der Waals surface area contributed by atoms with Crippen LogP contribution in [0.15, 0.2) is 140 Å². The molecule has 212 valence electrons. The highest BCUT2D eigenvalue weighted by atomic mass is 31.2. The summed E-state index contributed by atoms with van der Waals surface area (Å²) in [5.41, 5.74) is 3.20. The Hall–Kier alpha value is -3.45. The van der Waals surface area contributed by atoms with Gasteiger partial charge in [-0.2, -0.15) is 0 Å². The largest absolute Gasteiger partial charge is 0.508 e. The molecule has 0 saturated carbocycles. The highest BCUT2D eigenvalue weighted by Crippen LogP contribution is 2.46. The van der Waals surface area contributed by atoms with Gasteiger partial charge in [0, 0.05) is 10.6 Å². The third-order valence-corrected chi connectivity index (χ3v) is 8.96. The topological polar surface area (TPSA) is 57.2 Å². The van der Waals surface area contributed by atoms with Gasteiger partial charge in [-0.25, -0.2) is 0 Å². The lowest BCUT2D eigenvalue weighted by molar-refractivity contribution is 0.458. The van der Waals surface area contributed by atoms with Crippen molar-refractivity contribution in [2.45, 2.75) is 20.8 Å². The Morgan fingerprint density at radius 3 is 2.15 bits per heavy atom. The molecule has 0 amide bonds. The van der Waals surface area contributed by atoms with Crippen LogP contribution in [-0.2, 0) is 8.83 Å². The fraction of sp³-hybridized carbons (Fsp3) is 0.0909. The Morgan fingerprint density at radius 1 is 0.805 bits per heavy atom. The molecule has 0 aliphatic rings. The zero-order chi connectivity index (χ0) is 29.5. The van der Waals surface area contributed by atoms with Gasteiger partial charge in [0.25, 0.3) is 9.03 Å². The molecule has 4 aromatic rings. The van der Waals surface area contributed by atoms with Crippen molar-refractivity contribution >= 4 is 36.8 Å². The van der Waals surface area contributed by atoms with Crippen LogP contribution in [0.1, 0.15) is 18.1 Å². The van der Waals surface area contributed by atoms with Crippen molar-refractivity contribution in [1.29, 1.82) is 0 Å². The van der Waals surface area contributed by atoms with E-state index in [0.717, 1.165) is 38.8 Å². The Morgan fingerprint density at radius 2 is 1.49 bits per heavy atom. The van der Waals surface area contributed by atoms with Crippen LogP contribution in [0.2, 0.25) is 0 Å². The highest BCUT2D eigenvalue weighted by molar-refractivity contribution is 7.72. The number of benzene rings is 4. The molecule has 0 aliphatic carbocycles. The molecule has 0 spiro atoms. The maximum Gasteiger partial charge on any atom is 0.275 e. The second kappa shape index (κ2) is 17.4. The third kappa shape index (κ3) is 11.5. The van der Waals surface area contributed by atoms with Crippen molar-refractivity contribution in [3.63, 3.8) is 0 Å². The molecule has 3 unspecified atom stereocenters. The van der Waals surface area contributed by atoms with E-state index in [4.69, 9.17) is 23.0 Å². The second-order valence-electron chi connectivity index (χ2n) is 8.88. The Balaban J connectivity index is 0.000000496. The predicted molar refractivity (Wildman–Crippen MR) is 176 cm³/mol. The SMILES string of the molecule is C=C/C(C)=C\C(=C)OPOP(c1ccccc1)c1ccccc1OPOc1cccc(C)c1.Cc1cccc(O)c1. The Kier molecular flexibility index (Phi) is 13.6. The van der Waals surface area contributed by atoms with E-state index in [1.165, 1.54) is 0 Å². The summed E-state index contributed by atoms with van der Waals surface area (Å²) in [6.45, 7) is 13.6. The molecule has 4 rings (SSSR count). The summed E-state index contributed by atoms with van der Waals surface area (Å²) in [7, 11) is -1.57. The number of rotatable bonds is 12. The minimum Gasteiger partial charge on any atom is -0.508 e. The lowest BCUT2D eigenvalue weighted by atomic mass is 10.2. The normalized spacial score (nSPS) is 12.0. The Bertz CT molecular complexity index is 1420. The summed E-state index contributed by atoms with van der Waals surface area (Å²) >= 11 is 0. The van der Waals surface area contributed by atoms with Crippen LogP contribution >= 0.6 is 26.2 Å². The summed E-state index contributed by atoms with van der Waals surface area (Å²) in [6, 6.07) is 33.0. The fourth-order valence-electron chi connectivity index (χ4n) is 3.39. The quantitative estimate of drug-likeness (QED) is 0.0993. The fourth-order valence-corrected chi connectivity index (χ4v) is 6.70. The van der Waals surface area contributed by atoms with E-state index >= 15 is 0 Å². The number of para-hydroxylation sites is 1. The summed E-state index contributed by atoms with van der Waals surface area (Å²) < 4.78 is 23.8. The van der Waals surface area contributed by atoms with Crippen molar-refractivity contribution < 1.29 is 23.0 Å². The number of aryl methyl sites for hydroxylation is 2. The maximum atomic E-state index is 8.81. The van der Waals surface area contributed by atoms with Crippen LogP contribution in [0.3, 0.4) is 0 Å². The second-order valence-corrected chi connectivity index (χ2v) is 12.1. The molecule has 8 heteroatoms. The number of phenolic OH excluding ortho intramolecular Hbond substituents is 1. The molecule has 5 nitrogen and oxygen atoms in total.